The van der Waals surface area contributed by atoms with Gasteiger partial charge in [0.15, 0.2) is 11.5 Å². The van der Waals surface area contributed by atoms with E-state index >= 15 is 0 Å². The van der Waals surface area contributed by atoms with Crippen molar-refractivity contribution in [3.63, 3.8) is 0 Å². The molecule has 26 heavy (non-hydrogen) atoms. The van der Waals surface area contributed by atoms with Crippen molar-refractivity contribution < 1.29 is 23.7 Å². The van der Waals surface area contributed by atoms with Crippen LogP contribution in [-0.4, -0.2) is 64.4 Å². The Labute approximate surface area is 161 Å². The largest absolute Gasteiger partial charge is 0.493 e. The van der Waals surface area contributed by atoms with E-state index in [0.717, 1.165) is 19.5 Å². The predicted octanol–water partition coefficient (Wildman–Crippen LogP) is 2.36. The average molecular weight is 389 g/mol. The maximum atomic E-state index is 13.1. The maximum absolute atomic E-state index is 13.1. The number of ether oxygens (including phenoxy) is 4. The molecule has 1 aromatic rings. The van der Waals surface area contributed by atoms with Gasteiger partial charge in [0.1, 0.15) is 0 Å². The van der Waals surface area contributed by atoms with Crippen molar-refractivity contribution in [3.8, 4) is 23.0 Å². The van der Waals surface area contributed by atoms with Gasteiger partial charge in [-0.15, -0.1) is 12.4 Å². The Morgan fingerprint density at radius 1 is 1.12 bits per heavy atom. The number of carbonyl (C=O) groups excluding carboxylic acids is 1. The minimum Gasteiger partial charge on any atom is -0.493 e. The van der Waals surface area contributed by atoms with E-state index in [2.05, 4.69) is 5.32 Å². The Morgan fingerprint density at radius 2 is 1.73 bits per heavy atom. The van der Waals surface area contributed by atoms with Crippen LogP contribution in [0.15, 0.2) is 6.07 Å². The molecule has 1 aliphatic rings. The van der Waals surface area contributed by atoms with Gasteiger partial charge in [-0.2, -0.15) is 0 Å². The maximum Gasteiger partial charge on any atom is 0.258 e. The van der Waals surface area contributed by atoms with E-state index in [1.54, 1.807) is 11.0 Å². The lowest BCUT2D eigenvalue weighted by Gasteiger charge is -2.29. The van der Waals surface area contributed by atoms with Crippen LogP contribution in [0.2, 0.25) is 0 Å². The highest BCUT2D eigenvalue weighted by molar-refractivity contribution is 5.99. The summed E-state index contributed by atoms with van der Waals surface area (Å²) in [5.74, 6) is 1.53. The molecule has 0 radical (unpaired) electrons. The Kier molecular flexibility index (Phi) is 8.81. The van der Waals surface area contributed by atoms with Crippen LogP contribution >= 0.6 is 12.4 Å². The number of nitrogens with zero attached hydrogens (tertiary/aromatic N) is 1. The number of hydrogen-bond donors (Lipinski definition) is 1. The van der Waals surface area contributed by atoms with Crippen LogP contribution < -0.4 is 24.3 Å². The van der Waals surface area contributed by atoms with Crippen LogP contribution in [0.5, 0.6) is 23.0 Å². The molecule has 1 saturated heterocycles. The first kappa shape index (κ1) is 22.2. The predicted molar refractivity (Wildman–Crippen MR) is 103 cm³/mol. The van der Waals surface area contributed by atoms with Crippen molar-refractivity contribution in [2.24, 2.45) is 0 Å². The summed E-state index contributed by atoms with van der Waals surface area (Å²) in [4.78, 5) is 14.9. The molecule has 1 N–H and O–H groups in total. The summed E-state index contributed by atoms with van der Waals surface area (Å²) in [7, 11) is 4.59. The lowest BCUT2D eigenvalue weighted by molar-refractivity contribution is 0.0727. The lowest BCUT2D eigenvalue weighted by atomic mass is 10.1. The SMILES string of the molecule is CCC(C)Oc1c(C(=O)N2CCNCC2)cc(OC)c(OC)c1OC.Cl. The van der Waals surface area contributed by atoms with E-state index < -0.39 is 0 Å². The molecule has 148 valence electrons. The lowest BCUT2D eigenvalue weighted by Crippen LogP contribution is -2.46. The number of carbonyl (C=O) groups is 1. The Morgan fingerprint density at radius 3 is 2.23 bits per heavy atom. The summed E-state index contributed by atoms with van der Waals surface area (Å²) in [6.45, 7) is 6.83. The molecule has 0 spiro atoms. The average Bonchev–Trinajstić information content (AvgIpc) is 2.67. The first-order valence-corrected chi connectivity index (χ1v) is 8.56. The Bertz CT molecular complexity index is 606. The number of methoxy groups -OCH3 is 3. The smallest absolute Gasteiger partial charge is 0.258 e. The van der Waals surface area contributed by atoms with Gasteiger partial charge in [0.05, 0.1) is 33.0 Å². The van der Waals surface area contributed by atoms with Gasteiger partial charge in [0.25, 0.3) is 5.91 Å². The van der Waals surface area contributed by atoms with E-state index in [9.17, 15) is 4.79 Å². The van der Waals surface area contributed by atoms with E-state index in [1.807, 2.05) is 13.8 Å². The summed E-state index contributed by atoms with van der Waals surface area (Å²) in [5.41, 5.74) is 0.428. The first-order chi connectivity index (χ1) is 12.1. The molecule has 1 aliphatic heterocycles. The topological polar surface area (TPSA) is 69.3 Å². The molecule has 0 bridgehead atoms. The zero-order valence-corrected chi connectivity index (χ0v) is 16.9. The zero-order valence-electron chi connectivity index (χ0n) is 16.1. The number of halogens is 1. The van der Waals surface area contributed by atoms with E-state index in [-0.39, 0.29) is 24.4 Å². The van der Waals surface area contributed by atoms with Gasteiger partial charge >= 0.3 is 0 Å². The summed E-state index contributed by atoms with van der Waals surface area (Å²) in [5, 5.41) is 3.25. The molecule has 8 heteroatoms. The fraction of sp³-hybridized carbons (Fsp3) is 0.611. The molecule has 1 amide bonds. The molecule has 2 rings (SSSR count). The normalized spacial score (nSPS) is 14.9. The van der Waals surface area contributed by atoms with Gasteiger partial charge in [-0.3, -0.25) is 4.79 Å². The molecule has 0 aromatic heterocycles. The van der Waals surface area contributed by atoms with Crippen molar-refractivity contribution in [1.82, 2.24) is 10.2 Å². The summed E-state index contributed by atoms with van der Waals surface area (Å²) < 4.78 is 22.4. The molecular weight excluding hydrogens is 360 g/mol. The minimum atomic E-state index is -0.0981. The fourth-order valence-corrected chi connectivity index (χ4v) is 2.73. The molecule has 7 nitrogen and oxygen atoms in total. The van der Waals surface area contributed by atoms with Crippen LogP contribution in [0.25, 0.3) is 0 Å². The molecular formula is C18H29ClN2O5. The highest BCUT2D eigenvalue weighted by Gasteiger charge is 2.29. The Balaban J connectivity index is 0.00000338. The highest BCUT2D eigenvalue weighted by atomic mass is 35.5. The van der Waals surface area contributed by atoms with E-state index in [1.165, 1.54) is 21.3 Å². The summed E-state index contributed by atoms with van der Waals surface area (Å²) in [6, 6.07) is 1.67. The molecule has 0 aliphatic carbocycles. The van der Waals surface area contributed by atoms with Gasteiger partial charge in [0, 0.05) is 32.2 Å². The van der Waals surface area contributed by atoms with Crippen molar-refractivity contribution in [2.75, 3.05) is 47.5 Å². The Hall–Kier alpha value is -1.86. The molecule has 1 fully saturated rings. The number of benzene rings is 1. The van der Waals surface area contributed by atoms with Crippen LogP contribution in [0.1, 0.15) is 30.6 Å². The third-order valence-electron chi connectivity index (χ3n) is 4.31. The highest BCUT2D eigenvalue weighted by Crippen LogP contribution is 2.47. The van der Waals surface area contributed by atoms with E-state index in [0.29, 0.717) is 41.7 Å². The van der Waals surface area contributed by atoms with Crippen LogP contribution in [0.4, 0.5) is 0 Å². The van der Waals surface area contributed by atoms with Crippen molar-refractivity contribution >= 4 is 18.3 Å². The second kappa shape index (κ2) is 10.3. The van der Waals surface area contributed by atoms with Gasteiger partial charge in [-0.1, -0.05) is 6.92 Å². The van der Waals surface area contributed by atoms with Crippen LogP contribution in [-0.2, 0) is 0 Å². The first-order valence-electron chi connectivity index (χ1n) is 8.56. The fourth-order valence-electron chi connectivity index (χ4n) is 2.73. The van der Waals surface area contributed by atoms with Crippen molar-refractivity contribution in [2.45, 2.75) is 26.4 Å². The summed E-state index contributed by atoms with van der Waals surface area (Å²) >= 11 is 0. The second-order valence-corrected chi connectivity index (χ2v) is 5.90. The van der Waals surface area contributed by atoms with Gasteiger partial charge in [-0.05, 0) is 13.3 Å². The molecule has 1 aromatic carbocycles. The number of nitrogens with one attached hydrogen (secondary N) is 1. The van der Waals surface area contributed by atoms with Crippen molar-refractivity contribution in [1.29, 1.82) is 0 Å². The number of rotatable bonds is 7. The van der Waals surface area contributed by atoms with E-state index in [4.69, 9.17) is 18.9 Å². The standard InChI is InChI=1S/C18H28N2O5.ClH/c1-6-12(2)25-15-13(18(21)20-9-7-19-8-10-20)11-14(22-3)16(23-4)17(15)24-5;/h11-12,19H,6-10H2,1-5H3;1H. The van der Waals surface area contributed by atoms with Gasteiger partial charge in [0.2, 0.25) is 11.5 Å². The van der Waals surface area contributed by atoms with Crippen LogP contribution in [0, 0.1) is 0 Å². The third-order valence-corrected chi connectivity index (χ3v) is 4.31. The van der Waals surface area contributed by atoms with Gasteiger partial charge in [-0.25, -0.2) is 0 Å². The third kappa shape index (κ3) is 4.65. The molecule has 1 heterocycles. The monoisotopic (exact) mass is 388 g/mol. The summed E-state index contributed by atoms with van der Waals surface area (Å²) in [6.07, 6.45) is 0.736. The molecule has 1 atom stereocenters. The molecule has 1 unspecified atom stereocenters. The van der Waals surface area contributed by atoms with Gasteiger partial charge < -0.3 is 29.2 Å². The number of amides is 1. The molecule has 0 saturated carbocycles. The van der Waals surface area contributed by atoms with Crippen molar-refractivity contribution in [3.05, 3.63) is 11.6 Å². The second-order valence-electron chi connectivity index (χ2n) is 5.90. The quantitative estimate of drug-likeness (QED) is 0.773. The van der Waals surface area contributed by atoms with Crippen LogP contribution in [0.3, 0.4) is 0 Å². The minimum absolute atomic E-state index is 0. The zero-order chi connectivity index (χ0) is 18.4. The number of hydrogen-bond acceptors (Lipinski definition) is 6. The number of piperazine rings is 1.